The van der Waals surface area contributed by atoms with Crippen LogP contribution in [0.2, 0.25) is 0 Å². The maximum absolute atomic E-state index is 12.8. The number of benzene rings is 2. The Morgan fingerprint density at radius 2 is 1.57 bits per heavy atom. The van der Waals surface area contributed by atoms with Gasteiger partial charge in [0.15, 0.2) is 0 Å². The highest BCUT2D eigenvalue weighted by atomic mass is 16.5. The summed E-state index contributed by atoms with van der Waals surface area (Å²) in [6, 6.07) is 28.8. The lowest BCUT2D eigenvalue weighted by Crippen LogP contribution is -2.22. The van der Waals surface area contributed by atoms with E-state index in [0.29, 0.717) is 30.1 Å². The highest BCUT2D eigenvalue weighted by Crippen LogP contribution is 2.12. The predicted octanol–water partition coefficient (Wildman–Crippen LogP) is 4.25. The number of aromatic nitrogens is 2. The molecule has 0 radical (unpaired) electrons. The van der Waals surface area contributed by atoms with Crippen molar-refractivity contribution in [3.05, 3.63) is 126 Å². The second-order valence-electron chi connectivity index (χ2n) is 6.75. The summed E-state index contributed by atoms with van der Waals surface area (Å²) in [5.74, 6) is 0.0556. The molecule has 1 amide bonds. The summed E-state index contributed by atoms with van der Waals surface area (Å²) >= 11 is 0. The van der Waals surface area contributed by atoms with Gasteiger partial charge in [-0.05, 0) is 29.3 Å². The third-order valence-corrected chi connectivity index (χ3v) is 4.54. The molecule has 4 aromatic rings. The number of hydrogen-bond donors (Lipinski definition) is 0. The molecule has 0 aliphatic heterocycles. The van der Waals surface area contributed by atoms with Gasteiger partial charge in [0.1, 0.15) is 12.1 Å². The van der Waals surface area contributed by atoms with Crippen molar-refractivity contribution in [1.82, 2.24) is 9.55 Å². The molecule has 30 heavy (non-hydrogen) atoms. The monoisotopic (exact) mass is 395 g/mol. The average molecular weight is 395 g/mol. The fourth-order valence-corrected chi connectivity index (χ4v) is 3.00. The van der Waals surface area contributed by atoms with Gasteiger partial charge in [0, 0.05) is 30.6 Å². The Labute approximate surface area is 175 Å². The van der Waals surface area contributed by atoms with Crippen LogP contribution >= 0.6 is 0 Å². The summed E-state index contributed by atoms with van der Waals surface area (Å²) in [5.41, 5.74) is 3.20. The molecule has 0 unspecified atom stereocenters. The van der Waals surface area contributed by atoms with Gasteiger partial charge in [-0.25, -0.2) is 4.98 Å². The molecule has 2 heterocycles. The van der Waals surface area contributed by atoms with E-state index >= 15 is 0 Å². The van der Waals surface area contributed by atoms with Gasteiger partial charge < -0.3 is 9.30 Å². The zero-order chi connectivity index (χ0) is 20.6. The molecule has 148 valence electrons. The molecule has 0 aliphatic rings. The summed E-state index contributed by atoms with van der Waals surface area (Å²) in [6.45, 7) is 1.02. The van der Waals surface area contributed by atoms with E-state index in [0.717, 1.165) is 11.1 Å². The number of ether oxygens (including phenoxy) is 1. The van der Waals surface area contributed by atoms with Crippen molar-refractivity contribution in [2.24, 2.45) is 4.99 Å². The minimum absolute atomic E-state index is 0.338. The largest absolute Gasteiger partial charge is 0.473 e. The van der Waals surface area contributed by atoms with Gasteiger partial charge in [0.05, 0.1) is 0 Å². The van der Waals surface area contributed by atoms with Crippen molar-refractivity contribution < 1.29 is 9.53 Å². The first-order valence-electron chi connectivity index (χ1n) is 9.69. The highest BCUT2D eigenvalue weighted by molar-refractivity contribution is 5.95. The summed E-state index contributed by atoms with van der Waals surface area (Å²) in [4.78, 5) is 21.3. The Morgan fingerprint density at radius 1 is 0.867 bits per heavy atom. The van der Waals surface area contributed by atoms with Gasteiger partial charge in [0.2, 0.25) is 5.88 Å². The molecular formula is C25H21N3O2. The van der Waals surface area contributed by atoms with E-state index in [1.165, 1.54) is 0 Å². The van der Waals surface area contributed by atoms with Crippen molar-refractivity contribution in [3.8, 4) is 5.88 Å². The molecule has 0 atom stereocenters. The molecule has 2 aromatic heterocycles. The number of amides is 1. The first-order chi connectivity index (χ1) is 14.8. The summed E-state index contributed by atoms with van der Waals surface area (Å²) in [7, 11) is 0. The van der Waals surface area contributed by atoms with Crippen molar-refractivity contribution >= 4 is 5.91 Å². The van der Waals surface area contributed by atoms with Gasteiger partial charge in [-0.15, -0.1) is 0 Å². The van der Waals surface area contributed by atoms with E-state index in [-0.39, 0.29) is 5.91 Å². The second-order valence-corrected chi connectivity index (χ2v) is 6.75. The Hall–Kier alpha value is -3.99. The minimum atomic E-state index is -0.338. The summed E-state index contributed by atoms with van der Waals surface area (Å²) in [5, 5.41) is 0. The number of pyridine rings is 2. The number of nitrogens with zero attached hydrogens (tertiary/aromatic N) is 3. The van der Waals surface area contributed by atoms with Crippen molar-refractivity contribution in [2.45, 2.75) is 13.2 Å². The first kappa shape index (κ1) is 19.3. The van der Waals surface area contributed by atoms with Crippen LogP contribution in [0.4, 0.5) is 0 Å². The van der Waals surface area contributed by atoms with E-state index in [9.17, 15) is 4.79 Å². The number of carbonyl (C=O) groups is 1. The normalized spacial score (nSPS) is 11.3. The Bertz CT molecular complexity index is 1190. The van der Waals surface area contributed by atoms with Crippen LogP contribution in [0.5, 0.6) is 5.88 Å². The molecule has 0 bridgehead atoms. The fraction of sp³-hybridized carbons (Fsp3) is 0.0800. The highest BCUT2D eigenvalue weighted by Gasteiger charge is 2.07. The SMILES string of the molecule is O=C(N=c1ccccn1Cc1ccccc1)c1ccnc(OCc2ccccc2)c1. The average Bonchev–Trinajstić information content (AvgIpc) is 2.80. The fourth-order valence-electron chi connectivity index (χ4n) is 3.00. The quantitative estimate of drug-likeness (QED) is 0.490. The molecule has 0 aliphatic carbocycles. The standard InChI is InChI=1S/C25H21N3O2/c29-25(22-14-15-26-24(17-22)30-19-21-11-5-2-6-12-21)27-23-13-7-8-16-28(23)18-20-9-3-1-4-10-20/h1-17H,18-19H2. The molecular weight excluding hydrogens is 374 g/mol. The Morgan fingerprint density at radius 3 is 2.33 bits per heavy atom. The van der Waals surface area contributed by atoms with Crippen LogP contribution in [0.1, 0.15) is 21.5 Å². The zero-order valence-electron chi connectivity index (χ0n) is 16.4. The van der Waals surface area contributed by atoms with Gasteiger partial charge in [0.25, 0.3) is 5.91 Å². The van der Waals surface area contributed by atoms with Crippen LogP contribution < -0.4 is 10.2 Å². The van der Waals surface area contributed by atoms with Crippen LogP contribution in [0, 0.1) is 0 Å². The van der Waals surface area contributed by atoms with E-state index < -0.39 is 0 Å². The Kier molecular flexibility index (Phi) is 6.11. The van der Waals surface area contributed by atoms with Gasteiger partial charge in [-0.2, -0.15) is 4.99 Å². The lowest BCUT2D eigenvalue weighted by molar-refractivity contribution is 0.0996. The van der Waals surface area contributed by atoms with Crippen LogP contribution in [0.25, 0.3) is 0 Å². The predicted molar refractivity (Wildman–Crippen MR) is 115 cm³/mol. The van der Waals surface area contributed by atoms with E-state index in [1.807, 2.05) is 89.6 Å². The molecule has 4 rings (SSSR count). The maximum Gasteiger partial charge on any atom is 0.279 e. The third-order valence-electron chi connectivity index (χ3n) is 4.54. The summed E-state index contributed by atoms with van der Waals surface area (Å²) < 4.78 is 7.67. The van der Waals surface area contributed by atoms with Crippen molar-refractivity contribution in [3.63, 3.8) is 0 Å². The lowest BCUT2D eigenvalue weighted by atomic mass is 10.2. The number of rotatable bonds is 6. The van der Waals surface area contributed by atoms with Crippen molar-refractivity contribution in [2.75, 3.05) is 0 Å². The van der Waals surface area contributed by atoms with Gasteiger partial charge in [-0.3, -0.25) is 4.79 Å². The zero-order valence-corrected chi connectivity index (χ0v) is 16.4. The smallest absolute Gasteiger partial charge is 0.279 e. The molecule has 0 N–H and O–H groups in total. The van der Waals surface area contributed by atoms with Crippen LogP contribution in [0.3, 0.4) is 0 Å². The molecule has 0 saturated carbocycles. The molecule has 0 fully saturated rings. The summed E-state index contributed by atoms with van der Waals surface area (Å²) in [6.07, 6.45) is 3.48. The number of hydrogen-bond acceptors (Lipinski definition) is 3. The topological polar surface area (TPSA) is 56.5 Å². The molecule has 2 aromatic carbocycles. The Balaban J connectivity index is 1.53. The molecule has 0 saturated heterocycles. The molecule has 5 heteroatoms. The third kappa shape index (κ3) is 5.08. The van der Waals surface area contributed by atoms with Crippen LogP contribution in [-0.4, -0.2) is 15.5 Å². The van der Waals surface area contributed by atoms with Crippen LogP contribution in [0.15, 0.2) is 108 Å². The van der Waals surface area contributed by atoms with Gasteiger partial charge in [-0.1, -0.05) is 66.7 Å². The van der Waals surface area contributed by atoms with E-state index in [2.05, 4.69) is 9.98 Å². The van der Waals surface area contributed by atoms with Gasteiger partial charge >= 0.3 is 0 Å². The minimum Gasteiger partial charge on any atom is -0.473 e. The van der Waals surface area contributed by atoms with E-state index in [1.54, 1.807) is 18.3 Å². The van der Waals surface area contributed by atoms with Crippen LogP contribution in [-0.2, 0) is 13.2 Å². The molecule has 0 spiro atoms. The molecule has 5 nitrogen and oxygen atoms in total. The van der Waals surface area contributed by atoms with E-state index in [4.69, 9.17) is 4.74 Å². The first-order valence-corrected chi connectivity index (χ1v) is 9.69. The van der Waals surface area contributed by atoms with Crippen molar-refractivity contribution in [1.29, 1.82) is 0 Å². The lowest BCUT2D eigenvalue weighted by Gasteiger charge is -2.08. The maximum atomic E-state index is 12.8. The second kappa shape index (κ2) is 9.47. The number of carbonyl (C=O) groups excluding carboxylic acids is 1.